The van der Waals surface area contributed by atoms with Crippen molar-refractivity contribution in [1.82, 2.24) is 4.90 Å². The van der Waals surface area contributed by atoms with E-state index in [1.165, 1.54) is 4.90 Å². The SMILES string of the molecule is CCOc1ccc(N)cc1C(=O)N(C)C. The molecule has 0 saturated heterocycles. The fourth-order valence-corrected chi connectivity index (χ4v) is 1.24. The third-order valence-corrected chi connectivity index (χ3v) is 1.94. The summed E-state index contributed by atoms with van der Waals surface area (Å²) in [4.78, 5) is 13.3. The summed E-state index contributed by atoms with van der Waals surface area (Å²) in [6, 6.07) is 5.07. The fourth-order valence-electron chi connectivity index (χ4n) is 1.24. The predicted molar refractivity (Wildman–Crippen MR) is 60.0 cm³/mol. The minimum atomic E-state index is -0.106. The van der Waals surface area contributed by atoms with Crippen molar-refractivity contribution in [3.8, 4) is 5.75 Å². The van der Waals surface area contributed by atoms with Gasteiger partial charge in [-0.25, -0.2) is 0 Å². The summed E-state index contributed by atoms with van der Waals surface area (Å²) in [5.74, 6) is 0.469. The molecule has 0 aliphatic heterocycles. The van der Waals surface area contributed by atoms with Gasteiger partial charge in [-0.15, -0.1) is 0 Å². The minimum Gasteiger partial charge on any atom is -0.493 e. The van der Waals surface area contributed by atoms with Gasteiger partial charge in [0.15, 0.2) is 0 Å². The first-order chi connectivity index (χ1) is 7.06. The number of nitrogens with zero attached hydrogens (tertiary/aromatic N) is 1. The van der Waals surface area contributed by atoms with Crippen molar-refractivity contribution < 1.29 is 9.53 Å². The maximum Gasteiger partial charge on any atom is 0.257 e. The number of hydrogen-bond acceptors (Lipinski definition) is 3. The summed E-state index contributed by atoms with van der Waals surface area (Å²) in [5.41, 5.74) is 6.70. The first-order valence-corrected chi connectivity index (χ1v) is 4.80. The summed E-state index contributed by atoms with van der Waals surface area (Å²) in [6.45, 7) is 2.40. The highest BCUT2D eigenvalue weighted by Crippen LogP contribution is 2.22. The van der Waals surface area contributed by atoms with Crippen LogP contribution >= 0.6 is 0 Å². The smallest absolute Gasteiger partial charge is 0.257 e. The van der Waals surface area contributed by atoms with E-state index in [-0.39, 0.29) is 5.91 Å². The number of carbonyl (C=O) groups is 1. The molecule has 0 bridgehead atoms. The summed E-state index contributed by atoms with van der Waals surface area (Å²) in [7, 11) is 3.39. The molecule has 1 aromatic carbocycles. The van der Waals surface area contributed by atoms with Gasteiger partial charge in [-0.05, 0) is 25.1 Å². The summed E-state index contributed by atoms with van der Waals surface area (Å²) >= 11 is 0. The van der Waals surface area contributed by atoms with Gasteiger partial charge in [0.25, 0.3) is 5.91 Å². The van der Waals surface area contributed by atoms with Crippen molar-refractivity contribution in [3.63, 3.8) is 0 Å². The van der Waals surface area contributed by atoms with Gasteiger partial charge in [-0.2, -0.15) is 0 Å². The first-order valence-electron chi connectivity index (χ1n) is 4.80. The highest BCUT2D eigenvalue weighted by Gasteiger charge is 2.14. The largest absolute Gasteiger partial charge is 0.493 e. The molecule has 15 heavy (non-hydrogen) atoms. The van der Waals surface area contributed by atoms with Gasteiger partial charge in [0, 0.05) is 19.8 Å². The zero-order valence-corrected chi connectivity index (χ0v) is 9.28. The highest BCUT2D eigenvalue weighted by molar-refractivity contribution is 5.97. The van der Waals surface area contributed by atoms with Crippen LogP contribution in [0.25, 0.3) is 0 Å². The Kier molecular flexibility index (Phi) is 3.55. The van der Waals surface area contributed by atoms with Crippen molar-refractivity contribution in [1.29, 1.82) is 0 Å². The van der Waals surface area contributed by atoms with Crippen LogP contribution in [0.2, 0.25) is 0 Å². The van der Waals surface area contributed by atoms with Crippen LogP contribution in [0, 0.1) is 0 Å². The minimum absolute atomic E-state index is 0.106. The molecule has 0 unspecified atom stereocenters. The van der Waals surface area contributed by atoms with Crippen molar-refractivity contribution >= 4 is 11.6 Å². The standard InChI is InChI=1S/C11H16N2O2/c1-4-15-10-6-5-8(12)7-9(10)11(14)13(2)3/h5-7H,4,12H2,1-3H3. The molecule has 2 N–H and O–H groups in total. The highest BCUT2D eigenvalue weighted by atomic mass is 16.5. The van der Waals surface area contributed by atoms with Gasteiger partial charge in [-0.1, -0.05) is 0 Å². The van der Waals surface area contributed by atoms with E-state index in [1.807, 2.05) is 6.92 Å². The zero-order valence-electron chi connectivity index (χ0n) is 9.28. The lowest BCUT2D eigenvalue weighted by Crippen LogP contribution is -2.22. The molecule has 0 fully saturated rings. The van der Waals surface area contributed by atoms with Gasteiger partial charge in [-0.3, -0.25) is 4.79 Å². The van der Waals surface area contributed by atoms with Crippen LogP contribution in [0.4, 0.5) is 5.69 Å². The Hall–Kier alpha value is -1.71. The third kappa shape index (κ3) is 2.62. The fraction of sp³-hybridized carbons (Fsp3) is 0.364. The normalized spacial score (nSPS) is 9.80. The van der Waals surface area contributed by atoms with Crippen molar-refractivity contribution in [2.45, 2.75) is 6.92 Å². The number of nitrogen functional groups attached to an aromatic ring is 1. The van der Waals surface area contributed by atoms with E-state index in [0.29, 0.717) is 23.6 Å². The second kappa shape index (κ2) is 4.68. The molecule has 0 spiro atoms. The van der Waals surface area contributed by atoms with E-state index in [0.717, 1.165) is 0 Å². The van der Waals surface area contributed by atoms with Crippen LogP contribution in [0.1, 0.15) is 17.3 Å². The summed E-state index contributed by atoms with van der Waals surface area (Å²) in [5, 5.41) is 0. The number of amides is 1. The first kappa shape index (κ1) is 11.4. The van der Waals surface area contributed by atoms with Crippen LogP contribution < -0.4 is 10.5 Å². The quantitative estimate of drug-likeness (QED) is 0.763. The van der Waals surface area contributed by atoms with Crippen LogP contribution in [0.5, 0.6) is 5.75 Å². The Morgan fingerprint density at radius 3 is 2.67 bits per heavy atom. The number of nitrogens with two attached hydrogens (primary N) is 1. The summed E-state index contributed by atoms with van der Waals surface area (Å²) < 4.78 is 5.36. The molecule has 0 aliphatic carbocycles. The molecule has 0 aliphatic rings. The molecular weight excluding hydrogens is 192 g/mol. The van der Waals surface area contributed by atoms with Gasteiger partial charge in [0.05, 0.1) is 12.2 Å². The molecule has 82 valence electrons. The lowest BCUT2D eigenvalue weighted by atomic mass is 10.1. The van der Waals surface area contributed by atoms with Crippen molar-refractivity contribution in [2.24, 2.45) is 0 Å². The molecular formula is C11H16N2O2. The number of carbonyl (C=O) groups excluding carboxylic acids is 1. The summed E-state index contributed by atoms with van der Waals surface area (Å²) in [6.07, 6.45) is 0. The van der Waals surface area contributed by atoms with Crippen molar-refractivity contribution in [2.75, 3.05) is 26.4 Å². The molecule has 1 amide bonds. The van der Waals surface area contributed by atoms with E-state index < -0.39 is 0 Å². The Balaban J connectivity index is 3.12. The Morgan fingerprint density at radius 1 is 1.47 bits per heavy atom. The van der Waals surface area contributed by atoms with Gasteiger partial charge in [0.2, 0.25) is 0 Å². The topological polar surface area (TPSA) is 55.6 Å². The maximum absolute atomic E-state index is 11.8. The van der Waals surface area contributed by atoms with Crippen LogP contribution in [-0.2, 0) is 0 Å². The number of ether oxygens (including phenoxy) is 1. The van der Waals surface area contributed by atoms with E-state index in [2.05, 4.69) is 0 Å². The third-order valence-electron chi connectivity index (χ3n) is 1.94. The molecule has 0 aromatic heterocycles. The molecule has 0 saturated carbocycles. The van der Waals surface area contributed by atoms with E-state index >= 15 is 0 Å². The molecule has 0 radical (unpaired) electrons. The zero-order chi connectivity index (χ0) is 11.4. The predicted octanol–water partition coefficient (Wildman–Crippen LogP) is 1.37. The molecule has 4 heteroatoms. The second-order valence-corrected chi connectivity index (χ2v) is 3.39. The van der Waals surface area contributed by atoms with Crippen LogP contribution in [0.3, 0.4) is 0 Å². The Morgan fingerprint density at radius 2 is 2.13 bits per heavy atom. The lowest BCUT2D eigenvalue weighted by Gasteiger charge is -2.14. The number of rotatable bonds is 3. The van der Waals surface area contributed by atoms with Crippen molar-refractivity contribution in [3.05, 3.63) is 23.8 Å². The van der Waals surface area contributed by atoms with Gasteiger partial charge in [0.1, 0.15) is 5.75 Å². The maximum atomic E-state index is 11.8. The second-order valence-electron chi connectivity index (χ2n) is 3.39. The number of benzene rings is 1. The molecule has 1 rings (SSSR count). The molecule has 4 nitrogen and oxygen atoms in total. The number of anilines is 1. The van der Waals surface area contributed by atoms with Gasteiger partial charge >= 0.3 is 0 Å². The van der Waals surface area contributed by atoms with Gasteiger partial charge < -0.3 is 15.4 Å². The van der Waals surface area contributed by atoms with E-state index in [1.54, 1.807) is 32.3 Å². The Bertz CT molecular complexity index is 362. The van der Waals surface area contributed by atoms with E-state index in [9.17, 15) is 4.79 Å². The lowest BCUT2D eigenvalue weighted by molar-refractivity contribution is 0.0823. The Labute approximate surface area is 89.6 Å². The molecule has 0 heterocycles. The average Bonchev–Trinajstić information content (AvgIpc) is 2.20. The molecule has 1 aromatic rings. The number of hydrogen-bond donors (Lipinski definition) is 1. The van der Waals surface area contributed by atoms with Crippen LogP contribution in [-0.4, -0.2) is 31.5 Å². The van der Waals surface area contributed by atoms with E-state index in [4.69, 9.17) is 10.5 Å². The molecule has 0 atom stereocenters. The monoisotopic (exact) mass is 208 g/mol. The van der Waals surface area contributed by atoms with Crippen LogP contribution in [0.15, 0.2) is 18.2 Å². The average molecular weight is 208 g/mol.